The average molecular weight is 717 g/mol. The molecule has 0 radical (unpaired) electrons. The van der Waals surface area contributed by atoms with Gasteiger partial charge in [-0.25, -0.2) is 25.9 Å². The molecule has 0 bridgehead atoms. The van der Waals surface area contributed by atoms with Gasteiger partial charge in [-0.1, -0.05) is 19.1 Å². The van der Waals surface area contributed by atoms with E-state index in [0.29, 0.717) is 14.5 Å². The third-order valence-corrected chi connectivity index (χ3v) is 9.38. The standard InChI is InChI=1S/C25H22FIN4O8S2/c1-3-20(32)22-17-14-18(27)24(29-25(17)39-23(22)15-8-10-16(26)11-9-15)30(40(2,35)36)13-12-28-41(37,38)21-7-5-4-6-19(21)31(33)34/h4-11,14,28H,3,12-13H2,1-2H3. The Bertz CT molecular complexity index is 1880. The van der Waals surface area contributed by atoms with E-state index < -0.39 is 54.5 Å². The van der Waals surface area contributed by atoms with Gasteiger partial charge in [-0.3, -0.25) is 19.2 Å². The number of pyridine rings is 1. The number of anilines is 1. The number of rotatable bonds is 11. The minimum Gasteiger partial charge on any atom is -0.437 e. The van der Waals surface area contributed by atoms with Gasteiger partial charge in [-0.2, -0.15) is 4.98 Å². The number of nitro benzene ring substituents is 1. The largest absolute Gasteiger partial charge is 0.437 e. The normalized spacial score (nSPS) is 12.0. The number of nitrogens with zero attached hydrogens (tertiary/aromatic N) is 3. The highest BCUT2D eigenvalue weighted by Gasteiger charge is 2.29. The molecule has 0 amide bonds. The van der Waals surface area contributed by atoms with E-state index in [9.17, 15) is 36.1 Å². The van der Waals surface area contributed by atoms with E-state index in [1.54, 1.807) is 6.92 Å². The molecule has 2 aromatic carbocycles. The van der Waals surface area contributed by atoms with Crippen LogP contribution in [0.15, 0.2) is 63.9 Å². The summed E-state index contributed by atoms with van der Waals surface area (Å²) < 4.78 is 73.9. The summed E-state index contributed by atoms with van der Waals surface area (Å²) in [6.07, 6.45) is 1.04. The predicted octanol–water partition coefficient (Wildman–Crippen LogP) is 4.48. The topological polar surface area (TPSA) is 170 Å². The molecule has 216 valence electrons. The molecule has 2 aromatic heterocycles. The second-order valence-corrected chi connectivity index (χ2v) is 13.5. The van der Waals surface area contributed by atoms with E-state index in [4.69, 9.17) is 4.42 Å². The van der Waals surface area contributed by atoms with Crippen molar-refractivity contribution in [3.05, 3.63) is 79.7 Å². The van der Waals surface area contributed by atoms with Gasteiger partial charge in [-0.15, -0.1) is 0 Å². The molecule has 0 unspecified atom stereocenters. The van der Waals surface area contributed by atoms with Crippen molar-refractivity contribution in [2.75, 3.05) is 23.7 Å². The van der Waals surface area contributed by atoms with Gasteiger partial charge >= 0.3 is 0 Å². The van der Waals surface area contributed by atoms with Crippen molar-refractivity contribution < 1.29 is 35.4 Å². The highest BCUT2D eigenvalue weighted by molar-refractivity contribution is 14.1. The summed E-state index contributed by atoms with van der Waals surface area (Å²) >= 11 is 1.85. The smallest absolute Gasteiger partial charge is 0.289 e. The lowest BCUT2D eigenvalue weighted by Crippen LogP contribution is -2.39. The molecule has 0 aliphatic rings. The average Bonchev–Trinajstić information content (AvgIpc) is 3.28. The molecule has 0 fully saturated rings. The van der Waals surface area contributed by atoms with Crippen molar-refractivity contribution in [3.63, 3.8) is 0 Å². The molecular weight excluding hydrogens is 694 g/mol. The van der Waals surface area contributed by atoms with E-state index in [0.717, 1.165) is 22.7 Å². The Balaban J connectivity index is 1.72. The second kappa shape index (κ2) is 11.8. The summed E-state index contributed by atoms with van der Waals surface area (Å²) in [5.41, 5.74) is -0.0455. The number of aromatic nitrogens is 1. The third kappa shape index (κ3) is 6.39. The van der Waals surface area contributed by atoms with Crippen LogP contribution in [0.1, 0.15) is 23.7 Å². The van der Waals surface area contributed by atoms with Crippen molar-refractivity contribution in [1.82, 2.24) is 9.71 Å². The van der Waals surface area contributed by atoms with Crippen LogP contribution in [0.5, 0.6) is 0 Å². The Morgan fingerprint density at radius 3 is 2.41 bits per heavy atom. The van der Waals surface area contributed by atoms with Gasteiger partial charge in [0.15, 0.2) is 16.5 Å². The SMILES string of the molecule is CCC(=O)c1c(-c2ccc(F)cc2)oc2nc(N(CCNS(=O)(=O)c3ccccc3[N+](=O)[O-])S(C)(=O)=O)c(I)cc12. The Morgan fingerprint density at radius 2 is 1.80 bits per heavy atom. The number of nitrogens with one attached hydrogen (secondary N) is 1. The van der Waals surface area contributed by atoms with Crippen LogP contribution >= 0.6 is 22.6 Å². The molecule has 1 N–H and O–H groups in total. The van der Waals surface area contributed by atoms with Crippen molar-refractivity contribution in [2.24, 2.45) is 0 Å². The van der Waals surface area contributed by atoms with E-state index in [-0.39, 0.29) is 35.1 Å². The van der Waals surface area contributed by atoms with Gasteiger partial charge in [0, 0.05) is 31.1 Å². The number of sulfonamides is 2. The summed E-state index contributed by atoms with van der Waals surface area (Å²) in [5.74, 6) is -0.682. The number of para-hydroxylation sites is 1. The number of furan rings is 1. The van der Waals surface area contributed by atoms with E-state index >= 15 is 0 Å². The number of carbonyl (C=O) groups is 1. The van der Waals surface area contributed by atoms with Crippen LogP contribution in [0.4, 0.5) is 15.9 Å². The summed E-state index contributed by atoms with van der Waals surface area (Å²) in [6.45, 7) is 0.800. The van der Waals surface area contributed by atoms with E-state index in [1.165, 1.54) is 42.5 Å². The molecule has 12 nitrogen and oxygen atoms in total. The first-order valence-corrected chi connectivity index (χ1v) is 16.3. The molecule has 2 heterocycles. The molecular formula is C25H22FIN4O8S2. The number of Topliss-reactive ketones (excluding diaryl/α,β-unsaturated/α-hetero) is 1. The fourth-order valence-corrected chi connectivity index (χ4v) is 7.00. The van der Waals surface area contributed by atoms with Gasteiger partial charge in [0.2, 0.25) is 25.8 Å². The first-order valence-electron chi connectivity index (χ1n) is 11.9. The minimum absolute atomic E-state index is 0.0503. The second-order valence-electron chi connectivity index (χ2n) is 8.69. The highest BCUT2D eigenvalue weighted by atomic mass is 127. The van der Waals surface area contributed by atoms with Crippen LogP contribution in [-0.2, 0) is 20.0 Å². The van der Waals surface area contributed by atoms with E-state index in [1.807, 2.05) is 22.6 Å². The minimum atomic E-state index is -4.37. The predicted molar refractivity (Wildman–Crippen MR) is 157 cm³/mol. The van der Waals surface area contributed by atoms with Gasteiger partial charge < -0.3 is 4.42 Å². The van der Waals surface area contributed by atoms with Crippen LogP contribution in [0, 0.1) is 19.5 Å². The number of nitro groups is 1. The van der Waals surface area contributed by atoms with Crippen LogP contribution < -0.4 is 9.03 Å². The zero-order valence-electron chi connectivity index (χ0n) is 21.5. The van der Waals surface area contributed by atoms with Crippen molar-refractivity contribution in [2.45, 2.75) is 18.2 Å². The number of benzene rings is 2. The number of hydrogen-bond acceptors (Lipinski definition) is 9. The summed E-state index contributed by atoms with van der Waals surface area (Å²) in [4.78, 5) is 27.1. The molecule has 0 spiro atoms. The van der Waals surface area contributed by atoms with Crippen LogP contribution in [-0.4, -0.2) is 51.9 Å². The maximum atomic E-state index is 13.5. The van der Waals surface area contributed by atoms with Crippen molar-refractivity contribution in [1.29, 1.82) is 0 Å². The fraction of sp³-hybridized carbons (Fsp3) is 0.200. The fourth-order valence-electron chi connectivity index (χ4n) is 4.05. The monoisotopic (exact) mass is 716 g/mol. The maximum absolute atomic E-state index is 13.5. The van der Waals surface area contributed by atoms with Gasteiger partial charge in [-0.05, 0) is 59.0 Å². The molecule has 16 heteroatoms. The lowest BCUT2D eigenvalue weighted by Gasteiger charge is -2.22. The Labute approximate surface area is 248 Å². The van der Waals surface area contributed by atoms with Gasteiger partial charge in [0.25, 0.3) is 5.69 Å². The summed E-state index contributed by atoms with van der Waals surface area (Å²) in [7, 11) is -8.39. The number of carbonyl (C=O) groups excluding carboxylic acids is 1. The first kappa shape index (κ1) is 30.5. The van der Waals surface area contributed by atoms with Crippen molar-refractivity contribution in [3.8, 4) is 11.3 Å². The molecule has 0 aliphatic heterocycles. The van der Waals surface area contributed by atoms with Crippen LogP contribution in [0.2, 0.25) is 0 Å². The molecule has 0 saturated carbocycles. The summed E-state index contributed by atoms with van der Waals surface area (Å²) in [5, 5.41) is 11.6. The molecule has 4 rings (SSSR count). The zero-order valence-corrected chi connectivity index (χ0v) is 25.3. The molecule has 0 saturated heterocycles. The maximum Gasteiger partial charge on any atom is 0.289 e. The highest BCUT2D eigenvalue weighted by Crippen LogP contribution is 2.37. The zero-order chi connectivity index (χ0) is 30.1. The van der Waals surface area contributed by atoms with E-state index in [2.05, 4.69) is 9.71 Å². The van der Waals surface area contributed by atoms with Crippen LogP contribution in [0.3, 0.4) is 0 Å². The quantitative estimate of drug-likeness (QED) is 0.102. The lowest BCUT2D eigenvalue weighted by molar-refractivity contribution is -0.387. The number of fused-ring (bicyclic) bond motifs is 1. The Kier molecular flexibility index (Phi) is 8.76. The molecule has 0 atom stereocenters. The summed E-state index contributed by atoms with van der Waals surface area (Å²) in [6, 6.07) is 11.6. The number of hydrogen-bond donors (Lipinski definition) is 1. The Morgan fingerprint density at radius 1 is 1.15 bits per heavy atom. The van der Waals surface area contributed by atoms with Gasteiger partial charge in [0.05, 0.1) is 25.7 Å². The van der Waals surface area contributed by atoms with Crippen LogP contribution in [0.25, 0.3) is 22.4 Å². The molecule has 4 aromatic rings. The Hall–Kier alpha value is -3.48. The number of halogens is 2. The number of ketones is 1. The molecule has 0 aliphatic carbocycles. The first-order chi connectivity index (χ1) is 19.2. The van der Waals surface area contributed by atoms with Crippen molar-refractivity contribution >= 4 is 71.0 Å². The third-order valence-electron chi connectivity index (χ3n) is 5.92. The lowest BCUT2D eigenvalue weighted by atomic mass is 10.0. The molecule has 41 heavy (non-hydrogen) atoms. The van der Waals surface area contributed by atoms with Gasteiger partial charge in [0.1, 0.15) is 11.6 Å².